The summed E-state index contributed by atoms with van der Waals surface area (Å²) in [5, 5.41) is 7.74. The van der Waals surface area contributed by atoms with Gasteiger partial charge in [0.25, 0.3) is 5.56 Å². The molecule has 0 radical (unpaired) electrons. The average Bonchev–Trinajstić information content (AvgIpc) is 2.29. The van der Waals surface area contributed by atoms with Crippen LogP contribution in [0.5, 0.6) is 0 Å². The maximum atomic E-state index is 11.4. The summed E-state index contributed by atoms with van der Waals surface area (Å²) in [4.78, 5) is 16.5. The molecule has 2 N–H and O–H groups in total. The smallest absolute Gasteiger partial charge is 0.279 e. The highest BCUT2D eigenvalue weighted by molar-refractivity contribution is 7.71. The summed E-state index contributed by atoms with van der Waals surface area (Å²) in [6.45, 7) is 0. The molecule has 1 aromatic carbocycles. The highest BCUT2D eigenvalue weighted by Crippen LogP contribution is 2.13. The summed E-state index contributed by atoms with van der Waals surface area (Å²) in [6, 6.07) is 9.16. The highest BCUT2D eigenvalue weighted by Gasteiger charge is 1.95. The Morgan fingerprint density at radius 1 is 1.12 bits per heavy atom. The lowest BCUT2D eigenvalue weighted by molar-refractivity contribution is 1.06. The van der Waals surface area contributed by atoms with Crippen molar-refractivity contribution in [3.63, 3.8) is 0 Å². The fourth-order valence-electron chi connectivity index (χ4n) is 1.08. The summed E-state index contributed by atoms with van der Waals surface area (Å²) >= 11 is 4.75. The first-order valence-corrected chi connectivity index (χ1v) is 4.95. The first kappa shape index (κ1) is 10.4. The van der Waals surface area contributed by atoms with Crippen LogP contribution in [0, 0.1) is 4.77 Å². The molecule has 0 amide bonds. The monoisotopic (exact) mass is 232 g/mol. The molecule has 6 heteroatoms. The minimum atomic E-state index is -0.358. The lowest BCUT2D eigenvalue weighted by Gasteiger charge is -1.91. The van der Waals surface area contributed by atoms with Crippen LogP contribution in [0.15, 0.2) is 51.6 Å². The molecule has 0 spiro atoms. The lowest BCUT2D eigenvalue weighted by Crippen LogP contribution is -2.05. The number of hydrogen-bond donors (Lipinski definition) is 2. The second kappa shape index (κ2) is 4.63. The van der Waals surface area contributed by atoms with E-state index in [0.717, 1.165) is 0 Å². The molecule has 0 fully saturated rings. The van der Waals surface area contributed by atoms with Gasteiger partial charge >= 0.3 is 0 Å². The molecule has 0 unspecified atom stereocenters. The van der Waals surface area contributed by atoms with Gasteiger partial charge in [-0.2, -0.15) is 5.11 Å². The number of rotatable bonds is 2. The Kier molecular flexibility index (Phi) is 3.02. The van der Waals surface area contributed by atoms with E-state index in [-0.39, 0.29) is 16.0 Å². The molecule has 1 aromatic heterocycles. The first-order chi connectivity index (χ1) is 7.75. The third kappa shape index (κ3) is 2.48. The zero-order valence-electron chi connectivity index (χ0n) is 8.18. The van der Waals surface area contributed by atoms with Gasteiger partial charge in [-0.15, -0.1) is 5.11 Å². The zero-order valence-corrected chi connectivity index (χ0v) is 8.99. The van der Waals surface area contributed by atoms with Crippen molar-refractivity contribution in [1.29, 1.82) is 0 Å². The number of H-pyrrole nitrogens is 2. The lowest BCUT2D eigenvalue weighted by atomic mass is 10.3. The maximum Gasteiger partial charge on any atom is 0.279 e. The quantitative estimate of drug-likeness (QED) is 0.617. The van der Waals surface area contributed by atoms with Gasteiger partial charge in [0.15, 0.2) is 10.5 Å². The van der Waals surface area contributed by atoms with Crippen LogP contribution in [0.25, 0.3) is 0 Å². The Morgan fingerprint density at radius 2 is 1.88 bits per heavy atom. The normalized spacial score (nSPS) is 10.8. The second-order valence-corrected chi connectivity index (χ2v) is 3.40. The molecule has 0 saturated carbocycles. The van der Waals surface area contributed by atoms with Crippen molar-refractivity contribution in [3.8, 4) is 0 Å². The van der Waals surface area contributed by atoms with Crippen LogP contribution in [0.4, 0.5) is 11.4 Å². The summed E-state index contributed by atoms with van der Waals surface area (Å²) in [5.41, 5.74) is 0.519. The molecule has 2 rings (SSSR count). The Morgan fingerprint density at radius 3 is 2.56 bits per heavy atom. The number of nitrogens with one attached hydrogen (secondary N) is 2. The molecule has 0 bridgehead atoms. The van der Waals surface area contributed by atoms with E-state index < -0.39 is 0 Å². The largest absolute Gasteiger partial charge is 0.337 e. The number of aromatic nitrogens is 2. The van der Waals surface area contributed by atoms with Crippen molar-refractivity contribution in [2.24, 2.45) is 10.2 Å². The fraction of sp³-hybridized carbons (Fsp3) is 0. The van der Waals surface area contributed by atoms with Crippen LogP contribution in [-0.4, -0.2) is 9.97 Å². The van der Waals surface area contributed by atoms with Crippen molar-refractivity contribution in [2.75, 3.05) is 0 Å². The first-order valence-electron chi connectivity index (χ1n) is 4.54. The predicted molar refractivity (Wildman–Crippen MR) is 62.9 cm³/mol. The van der Waals surface area contributed by atoms with Crippen LogP contribution >= 0.6 is 12.2 Å². The zero-order chi connectivity index (χ0) is 11.4. The topological polar surface area (TPSA) is 73.4 Å². The maximum absolute atomic E-state index is 11.4. The summed E-state index contributed by atoms with van der Waals surface area (Å²) in [6.07, 6.45) is 1.42. The van der Waals surface area contributed by atoms with Crippen molar-refractivity contribution in [3.05, 3.63) is 51.7 Å². The van der Waals surface area contributed by atoms with E-state index in [2.05, 4.69) is 20.2 Å². The van der Waals surface area contributed by atoms with Gasteiger partial charge in [-0.3, -0.25) is 9.78 Å². The number of hydrogen-bond acceptors (Lipinski definition) is 4. The van der Waals surface area contributed by atoms with Gasteiger partial charge in [0.1, 0.15) is 0 Å². The van der Waals surface area contributed by atoms with Crippen LogP contribution in [0.3, 0.4) is 0 Å². The summed E-state index contributed by atoms with van der Waals surface area (Å²) in [5.74, 6) is 0. The van der Waals surface area contributed by atoms with Gasteiger partial charge in [0.2, 0.25) is 0 Å². The molecular formula is C10H8N4OS. The number of nitrogens with zero attached hydrogens (tertiary/aromatic N) is 2. The van der Waals surface area contributed by atoms with Crippen LogP contribution in [-0.2, 0) is 0 Å². The Labute approximate surface area is 95.9 Å². The Balaban J connectivity index is 2.31. The Hall–Kier alpha value is -2.08. The minimum Gasteiger partial charge on any atom is -0.337 e. The van der Waals surface area contributed by atoms with Gasteiger partial charge < -0.3 is 4.98 Å². The molecule has 0 aliphatic carbocycles. The standard InChI is InChI=1S/C10H8N4OS/c15-9-8(6-11-10(16)12-9)14-13-7-4-2-1-3-5-7/h1-6H,(H2,11,12,15,16). The molecule has 2 aromatic rings. The van der Waals surface area contributed by atoms with Crippen molar-refractivity contribution in [2.45, 2.75) is 0 Å². The van der Waals surface area contributed by atoms with Crippen molar-refractivity contribution >= 4 is 23.6 Å². The SMILES string of the molecule is O=c1[nH]c(=S)[nH]cc1N=Nc1ccccc1. The van der Waals surface area contributed by atoms with Crippen molar-refractivity contribution < 1.29 is 0 Å². The summed E-state index contributed by atoms with van der Waals surface area (Å²) < 4.78 is 0.267. The van der Waals surface area contributed by atoms with E-state index in [1.54, 1.807) is 12.1 Å². The van der Waals surface area contributed by atoms with Crippen LogP contribution in [0.1, 0.15) is 0 Å². The van der Waals surface area contributed by atoms with Crippen LogP contribution < -0.4 is 5.56 Å². The molecular weight excluding hydrogens is 224 g/mol. The average molecular weight is 232 g/mol. The molecule has 1 heterocycles. The minimum absolute atomic E-state index is 0.192. The van der Waals surface area contributed by atoms with Crippen molar-refractivity contribution in [1.82, 2.24) is 9.97 Å². The second-order valence-electron chi connectivity index (χ2n) is 2.99. The molecule has 16 heavy (non-hydrogen) atoms. The van der Waals surface area contributed by atoms with E-state index in [9.17, 15) is 4.79 Å². The van der Waals surface area contributed by atoms with Gasteiger partial charge in [0.05, 0.1) is 5.69 Å². The van der Waals surface area contributed by atoms with Gasteiger partial charge in [-0.05, 0) is 24.4 Å². The third-order valence-corrected chi connectivity index (χ3v) is 2.05. The molecule has 0 atom stereocenters. The number of azo groups is 1. The van der Waals surface area contributed by atoms with E-state index in [1.165, 1.54) is 6.20 Å². The fourth-order valence-corrected chi connectivity index (χ4v) is 1.23. The molecule has 80 valence electrons. The number of aromatic amines is 2. The highest BCUT2D eigenvalue weighted by atomic mass is 32.1. The van der Waals surface area contributed by atoms with Gasteiger partial charge in [-0.25, -0.2) is 0 Å². The molecule has 5 nitrogen and oxygen atoms in total. The van der Waals surface area contributed by atoms with Gasteiger partial charge in [-0.1, -0.05) is 18.2 Å². The Bertz CT molecular complexity index is 614. The summed E-state index contributed by atoms with van der Waals surface area (Å²) in [7, 11) is 0. The predicted octanol–water partition coefficient (Wildman–Crippen LogP) is 2.85. The van der Waals surface area contributed by atoms with E-state index in [1.807, 2.05) is 18.2 Å². The van der Waals surface area contributed by atoms with E-state index >= 15 is 0 Å². The van der Waals surface area contributed by atoms with E-state index in [4.69, 9.17) is 12.2 Å². The molecule has 0 saturated heterocycles. The molecule has 0 aliphatic heterocycles. The third-order valence-electron chi connectivity index (χ3n) is 1.83. The van der Waals surface area contributed by atoms with E-state index in [0.29, 0.717) is 5.69 Å². The molecule has 0 aliphatic rings. The van der Waals surface area contributed by atoms with Gasteiger partial charge in [0, 0.05) is 6.20 Å². The number of benzene rings is 1. The van der Waals surface area contributed by atoms with Crippen LogP contribution in [0.2, 0.25) is 0 Å².